The zero-order valence-corrected chi connectivity index (χ0v) is 17.8. The lowest BCUT2D eigenvalue weighted by molar-refractivity contribution is 0.0746. The van der Waals surface area contributed by atoms with Crippen LogP contribution in [0.1, 0.15) is 35.3 Å². The highest BCUT2D eigenvalue weighted by molar-refractivity contribution is 5.96. The van der Waals surface area contributed by atoms with E-state index in [2.05, 4.69) is 29.8 Å². The Balaban J connectivity index is 1.40. The summed E-state index contributed by atoms with van der Waals surface area (Å²) in [7, 11) is 0. The van der Waals surface area contributed by atoms with Gasteiger partial charge in [-0.25, -0.2) is 9.78 Å². The minimum atomic E-state index is -0.339. The third-order valence-corrected chi connectivity index (χ3v) is 5.80. The zero-order valence-electron chi connectivity index (χ0n) is 17.8. The molecule has 30 heavy (non-hydrogen) atoms. The van der Waals surface area contributed by atoms with E-state index < -0.39 is 0 Å². The van der Waals surface area contributed by atoms with E-state index in [0.29, 0.717) is 25.3 Å². The highest BCUT2D eigenvalue weighted by Gasteiger charge is 2.31. The molecule has 2 aliphatic heterocycles. The predicted molar refractivity (Wildman–Crippen MR) is 116 cm³/mol. The molecule has 2 fully saturated rings. The molecule has 0 bridgehead atoms. The number of piperazine rings is 1. The van der Waals surface area contributed by atoms with Gasteiger partial charge in [0.15, 0.2) is 0 Å². The van der Waals surface area contributed by atoms with Crippen LogP contribution in [0.2, 0.25) is 0 Å². The summed E-state index contributed by atoms with van der Waals surface area (Å²) in [5.74, 6) is 1.05. The van der Waals surface area contributed by atoms with Crippen LogP contribution in [0.3, 0.4) is 0 Å². The topological polar surface area (TPSA) is 66.0 Å². The van der Waals surface area contributed by atoms with E-state index in [1.165, 1.54) is 11.1 Å². The van der Waals surface area contributed by atoms with Crippen molar-refractivity contribution in [3.8, 4) is 0 Å². The number of hydrogen-bond donors (Lipinski definition) is 0. The maximum Gasteiger partial charge on any atom is 0.414 e. The third kappa shape index (κ3) is 3.84. The Labute approximate surface area is 177 Å². The number of rotatable bonds is 4. The summed E-state index contributed by atoms with van der Waals surface area (Å²) in [6.07, 6.45) is 2.51. The number of amides is 2. The summed E-state index contributed by atoms with van der Waals surface area (Å²) in [5, 5.41) is 0. The van der Waals surface area contributed by atoms with Crippen LogP contribution in [-0.2, 0) is 11.2 Å². The average Bonchev–Trinajstić information content (AvgIpc) is 3.11. The smallest absolute Gasteiger partial charge is 0.414 e. The fourth-order valence-electron chi connectivity index (χ4n) is 4.11. The SMILES string of the molecule is CCc1cc(C)cnc1N1CCN(C(=O)c2ccc(N3C(=O)OCC3C)cc2)CC1. The van der Waals surface area contributed by atoms with E-state index in [1.54, 1.807) is 17.0 Å². The van der Waals surface area contributed by atoms with Gasteiger partial charge in [-0.05, 0) is 55.7 Å². The molecule has 3 heterocycles. The van der Waals surface area contributed by atoms with E-state index in [1.807, 2.05) is 30.2 Å². The molecule has 7 nitrogen and oxygen atoms in total. The van der Waals surface area contributed by atoms with Crippen molar-refractivity contribution < 1.29 is 14.3 Å². The molecule has 4 rings (SSSR count). The normalized spacial score (nSPS) is 19.2. The van der Waals surface area contributed by atoms with Crippen LogP contribution in [0.15, 0.2) is 36.5 Å². The maximum absolute atomic E-state index is 13.0. The minimum absolute atomic E-state index is 0.00414. The molecule has 158 valence electrons. The van der Waals surface area contributed by atoms with Gasteiger partial charge >= 0.3 is 6.09 Å². The quantitative estimate of drug-likeness (QED) is 0.777. The van der Waals surface area contributed by atoms with E-state index in [0.717, 1.165) is 31.0 Å². The molecule has 1 unspecified atom stereocenters. The van der Waals surface area contributed by atoms with Gasteiger partial charge in [-0.3, -0.25) is 9.69 Å². The van der Waals surface area contributed by atoms with Gasteiger partial charge in [-0.2, -0.15) is 0 Å². The molecule has 2 saturated heterocycles. The number of carbonyl (C=O) groups is 2. The Morgan fingerprint density at radius 3 is 2.47 bits per heavy atom. The summed E-state index contributed by atoms with van der Waals surface area (Å²) in [4.78, 5) is 35.3. The van der Waals surface area contributed by atoms with Crippen molar-refractivity contribution in [1.29, 1.82) is 0 Å². The standard InChI is InChI=1S/C23H28N4O3/c1-4-18-13-16(2)14-24-21(18)25-9-11-26(12-10-25)22(28)19-5-7-20(8-6-19)27-17(3)15-30-23(27)29/h5-8,13-14,17H,4,9-12,15H2,1-3H3. The third-order valence-electron chi connectivity index (χ3n) is 5.80. The Morgan fingerprint density at radius 1 is 1.17 bits per heavy atom. The van der Waals surface area contributed by atoms with E-state index >= 15 is 0 Å². The molecule has 0 saturated carbocycles. The molecular weight excluding hydrogens is 380 g/mol. The van der Waals surface area contributed by atoms with Gasteiger partial charge in [0.1, 0.15) is 12.4 Å². The molecule has 0 spiro atoms. The molecule has 1 aromatic heterocycles. The number of anilines is 2. The summed E-state index contributed by atoms with van der Waals surface area (Å²) in [5.41, 5.74) is 3.81. The fraction of sp³-hybridized carbons (Fsp3) is 0.435. The van der Waals surface area contributed by atoms with Crippen molar-refractivity contribution in [3.63, 3.8) is 0 Å². The number of cyclic esters (lactones) is 1. The van der Waals surface area contributed by atoms with Gasteiger partial charge in [0.25, 0.3) is 5.91 Å². The maximum atomic E-state index is 13.0. The molecule has 0 aliphatic carbocycles. The number of aryl methyl sites for hydroxylation is 2. The first-order valence-corrected chi connectivity index (χ1v) is 10.5. The molecular formula is C23H28N4O3. The van der Waals surface area contributed by atoms with Crippen LogP contribution in [0, 0.1) is 6.92 Å². The molecule has 7 heteroatoms. The van der Waals surface area contributed by atoms with Crippen LogP contribution in [-0.4, -0.2) is 60.7 Å². The van der Waals surface area contributed by atoms with Crippen molar-refractivity contribution in [2.24, 2.45) is 0 Å². The first-order valence-electron chi connectivity index (χ1n) is 10.5. The lowest BCUT2D eigenvalue weighted by atomic mass is 10.1. The number of hydrogen-bond acceptors (Lipinski definition) is 5. The monoisotopic (exact) mass is 408 g/mol. The fourth-order valence-corrected chi connectivity index (χ4v) is 4.11. The van der Waals surface area contributed by atoms with Crippen LogP contribution in [0.4, 0.5) is 16.3 Å². The largest absolute Gasteiger partial charge is 0.447 e. The Hall–Kier alpha value is -3.09. The van der Waals surface area contributed by atoms with Gasteiger partial charge in [0.2, 0.25) is 0 Å². The summed E-state index contributed by atoms with van der Waals surface area (Å²) < 4.78 is 5.08. The molecule has 0 N–H and O–H groups in total. The molecule has 2 aromatic rings. The Bertz CT molecular complexity index is 936. The van der Waals surface area contributed by atoms with Crippen LogP contribution in [0.5, 0.6) is 0 Å². The van der Waals surface area contributed by atoms with Gasteiger partial charge in [-0.15, -0.1) is 0 Å². The Morgan fingerprint density at radius 2 is 1.87 bits per heavy atom. The minimum Gasteiger partial charge on any atom is -0.447 e. The number of aromatic nitrogens is 1. The lowest BCUT2D eigenvalue weighted by Crippen LogP contribution is -2.49. The van der Waals surface area contributed by atoms with E-state index in [9.17, 15) is 9.59 Å². The van der Waals surface area contributed by atoms with Crippen molar-refractivity contribution in [2.75, 3.05) is 42.6 Å². The van der Waals surface area contributed by atoms with Gasteiger partial charge in [-0.1, -0.05) is 13.0 Å². The van der Waals surface area contributed by atoms with Crippen molar-refractivity contribution in [3.05, 3.63) is 53.2 Å². The van der Waals surface area contributed by atoms with Crippen LogP contribution < -0.4 is 9.80 Å². The average molecular weight is 409 g/mol. The highest BCUT2D eigenvalue weighted by Crippen LogP contribution is 2.25. The molecule has 0 radical (unpaired) electrons. The molecule has 2 amide bonds. The van der Waals surface area contributed by atoms with Crippen molar-refractivity contribution in [1.82, 2.24) is 9.88 Å². The van der Waals surface area contributed by atoms with E-state index in [4.69, 9.17) is 4.74 Å². The van der Waals surface area contributed by atoms with Crippen LogP contribution >= 0.6 is 0 Å². The van der Waals surface area contributed by atoms with Crippen LogP contribution in [0.25, 0.3) is 0 Å². The van der Waals surface area contributed by atoms with Gasteiger partial charge in [0.05, 0.1) is 6.04 Å². The first kappa shape index (κ1) is 20.2. The summed E-state index contributed by atoms with van der Waals surface area (Å²) in [6.45, 7) is 9.39. The highest BCUT2D eigenvalue weighted by atomic mass is 16.6. The number of ether oxygens (including phenoxy) is 1. The van der Waals surface area contributed by atoms with Gasteiger partial charge in [0, 0.05) is 43.6 Å². The number of nitrogens with zero attached hydrogens (tertiary/aromatic N) is 4. The Kier molecular flexibility index (Phi) is 5.61. The second kappa shape index (κ2) is 8.34. The number of benzene rings is 1. The summed E-state index contributed by atoms with van der Waals surface area (Å²) in [6, 6.07) is 9.40. The number of carbonyl (C=O) groups excluding carboxylic acids is 2. The lowest BCUT2D eigenvalue weighted by Gasteiger charge is -2.36. The number of pyridine rings is 1. The van der Waals surface area contributed by atoms with Crippen molar-refractivity contribution in [2.45, 2.75) is 33.2 Å². The molecule has 2 aliphatic rings. The predicted octanol–water partition coefficient (Wildman–Crippen LogP) is 3.26. The van der Waals surface area contributed by atoms with Crippen molar-refractivity contribution >= 4 is 23.5 Å². The zero-order chi connectivity index (χ0) is 21.3. The first-order chi connectivity index (χ1) is 14.5. The summed E-state index contributed by atoms with van der Waals surface area (Å²) >= 11 is 0. The second-order valence-electron chi connectivity index (χ2n) is 7.97. The van der Waals surface area contributed by atoms with E-state index in [-0.39, 0.29) is 18.0 Å². The van der Waals surface area contributed by atoms with Gasteiger partial charge < -0.3 is 14.5 Å². The second-order valence-corrected chi connectivity index (χ2v) is 7.97. The molecule has 1 atom stereocenters. The molecule has 1 aromatic carbocycles.